The molecule has 1 aromatic carbocycles. The van der Waals surface area contributed by atoms with Gasteiger partial charge in [0, 0.05) is 18.5 Å². The average molecular weight is 232 g/mol. The number of nitrogens with one attached hydrogen (secondary N) is 1. The highest BCUT2D eigenvalue weighted by Gasteiger charge is 2.07. The molecule has 4 heteroatoms. The Morgan fingerprint density at radius 1 is 1.59 bits per heavy atom. The lowest BCUT2D eigenvalue weighted by Gasteiger charge is -2.08. The summed E-state index contributed by atoms with van der Waals surface area (Å²) in [5.41, 5.74) is 6.70. The number of nitrogen functional groups attached to an aromatic ring is 1. The predicted molar refractivity (Wildman–Crippen MR) is 67.8 cm³/mol. The number of amides is 1. The van der Waals surface area contributed by atoms with Crippen LogP contribution in [-0.4, -0.2) is 19.6 Å². The van der Waals surface area contributed by atoms with Crippen molar-refractivity contribution in [3.63, 3.8) is 0 Å². The van der Waals surface area contributed by atoms with Crippen molar-refractivity contribution in [2.75, 3.05) is 19.4 Å². The zero-order valence-electron chi connectivity index (χ0n) is 9.82. The largest absolute Gasteiger partial charge is 0.495 e. The summed E-state index contributed by atoms with van der Waals surface area (Å²) in [6.45, 7) is 0.565. The predicted octanol–water partition coefficient (Wildman–Crippen LogP) is 1.42. The van der Waals surface area contributed by atoms with Gasteiger partial charge < -0.3 is 15.8 Å². The van der Waals surface area contributed by atoms with Crippen LogP contribution in [0.25, 0.3) is 0 Å². The molecular weight excluding hydrogens is 216 g/mol. The Balaban J connectivity index is 2.60. The number of ether oxygens (including phenoxy) is 1. The van der Waals surface area contributed by atoms with E-state index in [-0.39, 0.29) is 5.91 Å². The van der Waals surface area contributed by atoms with E-state index < -0.39 is 0 Å². The van der Waals surface area contributed by atoms with E-state index in [0.717, 1.165) is 6.42 Å². The quantitative estimate of drug-likeness (QED) is 0.458. The third-order valence-electron chi connectivity index (χ3n) is 2.28. The highest BCUT2D eigenvalue weighted by atomic mass is 16.5. The second-order valence-corrected chi connectivity index (χ2v) is 3.52. The zero-order chi connectivity index (χ0) is 12.7. The fourth-order valence-corrected chi connectivity index (χ4v) is 1.35. The number of hydrogen-bond donors (Lipinski definition) is 2. The summed E-state index contributed by atoms with van der Waals surface area (Å²) >= 11 is 0. The highest BCUT2D eigenvalue weighted by molar-refractivity contribution is 5.95. The smallest absolute Gasteiger partial charge is 0.251 e. The van der Waals surface area contributed by atoms with Crippen LogP contribution in [-0.2, 0) is 0 Å². The first-order valence-electron chi connectivity index (χ1n) is 5.34. The highest BCUT2D eigenvalue weighted by Crippen LogP contribution is 2.21. The number of unbranched alkanes of at least 4 members (excludes halogenated alkanes) is 1. The maximum atomic E-state index is 11.7. The number of carbonyl (C=O) groups excluding carboxylic acids is 1. The molecule has 0 saturated carbocycles. The van der Waals surface area contributed by atoms with Gasteiger partial charge in [-0.05, 0) is 24.6 Å². The van der Waals surface area contributed by atoms with Gasteiger partial charge in [0.25, 0.3) is 5.91 Å². The van der Waals surface area contributed by atoms with Gasteiger partial charge in [-0.3, -0.25) is 4.79 Å². The van der Waals surface area contributed by atoms with Crippen molar-refractivity contribution in [2.24, 2.45) is 0 Å². The summed E-state index contributed by atoms with van der Waals surface area (Å²) in [6, 6.07) is 4.93. The minimum Gasteiger partial charge on any atom is -0.495 e. The van der Waals surface area contributed by atoms with Gasteiger partial charge in [-0.15, -0.1) is 12.3 Å². The summed E-state index contributed by atoms with van der Waals surface area (Å²) in [6.07, 6.45) is 6.55. The van der Waals surface area contributed by atoms with Crippen LogP contribution in [0.3, 0.4) is 0 Å². The normalized spacial score (nSPS) is 9.41. The van der Waals surface area contributed by atoms with Crippen LogP contribution >= 0.6 is 0 Å². The molecule has 0 saturated heterocycles. The third kappa shape index (κ3) is 3.72. The number of nitrogens with two attached hydrogens (primary N) is 1. The molecule has 0 atom stereocenters. The second-order valence-electron chi connectivity index (χ2n) is 3.52. The Kier molecular flexibility index (Phi) is 4.89. The van der Waals surface area contributed by atoms with Gasteiger partial charge in [0.1, 0.15) is 5.75 Å². The first-order chi connectivity index (χ1) is 8.19. The molecule has 1 aromatic rings. The van der Waals surface area contributed by atoms with Crippen molar-refractivity contribution in [1.29, 1.82) is 0 Å². The molecule has 0 fully saturated rings. The van der Waals surface area contributed by atoms with Crippen LogP contribution in [0, 0.1) is 12.3 Å². The van der Waals surface area contributed by atoms with Crippen molar-refractivity contribution in [1.82, 2.24) is 5.32 Å². The first-order valence-corrected chi connectivity index (χ1v) is 5.34. The molecule has 0 heterocycles. The van der Waals surface area contributed by atoms with Crippen molar-refractivity contribution < 1.29 is 9.53 Å². The van der Waals surface area contributed by atoms with E-state index in [9.17, 15) is 4.79 Å². The number of rotatable bonds is 5. The molecule has 0 aromatic heterocycles. The lowest BCUT2D eigenvalue weighted by Crippen LogP contribution is -2.24. The first kappa shape index (κ1) is 12.9. The van der Waals surface area contributed by atoms with Gasteiger partial charge in [-0.1, -0.05) is 0 Å². The van der Waals surface area contributed by atoms with E-state index in [0.29, 0.717) is 30.0 Å². The monoisotopic (exact) mass is 232 g/mol. The van der Waals surface area contributed by atoms with E-state index in [2.05, 4.69) is 11.2 Å². The molecular formula is C13H16N2O2. The number of methoxy groups -OCH3 is 1. The van der Waals surface area contributed by atoms with Gasteiger partial charge >= 0.3 is 0 Å². The van der Waals surface area contributed by atoms with Crippen LogP contribution in [0.1, 0.15) is 23.2 Å². The molecule has 4 nitrogen and oxygen atoms in total. The van der Waals surface area contributed by atoms with Crippen LogP contribution in [0.2, 0.25) is 0 Å². The Labute approximate surface area is 101 Å². The second kappa shape index (κ2) is 6.44. The number of hydrogen-bond acceptors (Lipinski definition) is 3. The van der Waals surface area contributed by atoms with E-state index in [1.807, 2.05) is 0 Å². The number of benzene rings is 1. The maximum absolute atomic E-state index is 11.7. The van der Waals surface area contributed by atoms with Crippen molar-refractivity contribution in [3.05, 3.63) is 23.8 Å². The summed E-state index contributed by atoms with van der Waals surface area (Å²) < 4.78 is 5.05. The summed E-state index contributed by atoms with van der Waals surface area (Å²) in [7, 11) is 1.51. The molecule has 0 bridgehead atoms. The van der Waals surface area contributed by atoms with Crippen LogP contribution in [0.15, 0.2) is 18.2 Å². The summed E-state index contributed by atoms with van der Waals surface area (Å²) in [4.78, 5) is 11.7. The molecule has 3 N–H and O–H groups in total. The van der Waals surface area contributed by atoms with Crippen molar-refractivity contribution in [3.8, 4) is 18.1 Å². The molecule has 0 radical (unpaired) electrons. The fourth-order valence-electron chi connectivity index (χ4n) is 1.35. The van der Waals surface area contributed by atoms with Gasteiger partial charge in [0.2, 0.25) is 0 Å². The van der Waals surface area contributed by atoms with Gasteiger partial charge in [-0.2, -0.15) is 0 Å². The van der Waals surface area contributed by atoms with Gasteiger partial charge in [0.05, 0.1) is 12.8 Å². The molecule has 1 amide bonds. The van der Waals surface area contributed by atoms with Gasteiger partial charge in [-0.25, -0.2) is 0 Å². The third-order valence-corrected chi connectivity index (χ3v) is 2.28. The van der Waals surface area contributed by atoms with Crippen LogP contribution < -0.4 is 15.8 Å². The SMILES string of the molecule is C#CCCCNC(=O)c1ccc(N)c(OC)c1. The van der Waals surface area contributed by atoms with E-state index in [1.54, 1.807) is 18.2 Å². The molecule has 0 aliphatic heterocycles. The fraction of sp³-hybridized carbons (Fsp3) is 0.308. The van der Waals surface area contributed by atoms with Crippen LogP contribution in [0.5, 0.6) is 5.75 Å². The Hall–Kier alpha value is -2.15. The number of anilines is 1. The molecule has 0 aliphatic rings. The van der Waals surface area contributed by atoms with E-state index in [4.69, 9.17) is 16.9 Å². The molecule has 0 aliphatic carbocycles. The maximum Gasteiger partial charge on any atom is 0.251 e. The molecule has 1 rings (SSSR count). The van der Waals surface area contributed by atoms with Gasteiger partial charge in [0.15, 0.2) is 0 Å². The Morgan fingerprint density at radius 3 is 3.00 bits per heavy atom. The standard InChI is InChI=1S/C13H16N2O2/c1-3-4-5-8-15-13(16)10-6-7-11(14)12(9-10)17-2/h1,6-7,9H,4-5,8,14H2,2H3,(H,15,16). The molecule has 17 heavy (non-hydrogen) atoms. The lowest BCUT2D eigenvalue weighted by molar-refractivity contribution is 0.0953. The zero-order valence-corrected chi connectivity index (χ0v) is 9.82. The molecule has 90 valence electrons. The minimum atomic E-state index is -0.152. The topological polar surface area (TPSA) is 64.4 Å². The summed E-state index contributed by atoms with van der Waals surface area (Å²) in [5, 5.41) is 2.77. The van der Waals surface area contributed by atoms with E-state index >= 15 is 0 Å². The Morgan fingerprint density at radius 2 is 2.35 bits per heavy atom. The molecule has 0 spiro atoms. The number of terminal acetylenes is 1. The van der Waals surface area contributed by atoms with Crippen molar-refractivity contribution >= 4 is 11.6 Å². The average Bonchev–Trinajstić information content (AvgIpc) is 2.35. The summed E-state index contributed by atoms with van der Waals surface area (Å²) in [5.74, 6) is 2.87. The minimum absolute atomic E-state index is 0.152. The number of carbonyl (C=O) groups is 1. The van der Waals surface area contributed by atoms with Crippen molar-refractivity contribution in [2.45, 2.75) is 12.8 Å². The lowest BCUT2D eigenvalue weighted by atomic mass is 10.1. The molecule has 0 unspecified atom stereocenters. The Bertz CT molecular complexity index is 436. The van der Waals surface area contributed by atoms with E-state index in [1.165, 1.54) is 7.11 Å². The van der Waals surface area contributed by atoms with Crippen LogP contribution in [0.4, 0.5) is 5.69 Å².